The van der Waals surface area contributed by atoms with E-state index in [9.17, 15) is 14.4 Å². The second-order valence-electron chi connectivity index (χ2n) is 8.90. The highest BCUT2D eigenvalue weighted by molar-refractivity contribution is 6.34. The molecule has 2 aliphatic heterocycles. The Hall–Kier alpha value is -2.12. The predicted octanol–water partition coefficient (Wildman–Crippen LogP) is 2.46. The zero-order valence-corrected chi connectivity index (χ0v) is 18.0. The van der Waals surface area contributed by atoms with Gasteiger partial charge in [0.2, 0.25) is 11.8 Å². The van der Waals surface area contributed by atoms with Gasteiger partial charge in [-0.1, -0.05) is 11.6 Å². The van der Waals surface area contributed by atoms with Crippen molar-refractivity contribution in [3.8, 4) is 0 Å². The molecular formula is C22H29ClN4O3. The average molecular weight is 433 g/mol. The third-order valence-electron chi connectivity index (χ3n) is 6.68. The molecule has 2 fully saturated rings. The van der Waals surface area contributed by atoms with Crippen molar-refractivity contribution in [2.24, 2.45) is 11.7 Å². The number of carbonyl (C=O) groups excluding carboxylic acids is 3. The second kappa shape index (κ2) is 8.55. The van der Waals surface area contributed by atoms with E-state index in [0.29, 0.717) is 29.2 Å². The molecule has 4 rings (SSSR count). The third-order valence-corrected chi connectivity index (χ3v) is 6.99. The maximum atomic E-state index is 12.9. The summed E-state index contributed by atoms with van der Waals surface area (Å²) in [6, 6.07) is 3.62. The van der Waals surface area contributed by atoms with E-state index >= 15 is 0 Å². The summed E-state index contributed by atoms with van der Waals surface area (Å²) in [5.74, 6) is -0.0113. The van der Waals surface area contributed by atoms with Gasteiger partial charge in [0.1, 0.15) is 0 Å². The summed E-state index contributed by atoms with van der Waals surface area (Å²) in [7, 11) is 0. The Morgan fingerprint density at radius 2 is 1.93 bits per heavy atom. The maximum absolute atomic E-state index is 12.9. The number of hydrogen-bond donors (Lipinski definition) is 3. The van der Waals surface area contributed by atoms with Crippen molar-refractivity contribution in [1.82, 2.24) is 10.2 Å². The number of nitrogens with two attached hydrogens (primary N) is 1. The molecule has 1 aliphatic carbocycles. The van der Waals surface area contributed by atoms with Crippen LogP contribution in [0.4, 0.5) is 5.69 Å². The summed E-state index contributed by atoms with van der Waals surface area (Å²) in [5, 5.41) is 6.13. The van der Waals surface area contributed by atoms with Gasteiger partial charge in [-0.05, 0) is 63.1 Å². The Morgan fingerprint density at radius 3 is 2.63 bits per heavy atom. The molecule has 1 unspecified atom stereocenters. The number of halogens is 1. The summed E-state index contributed by atoms with van der Waals surface area (Å²) in [6.07, 6.45) is 5.27. The molecule has 0 spiro atoms. The smallest absolute Gasteiger partial charge is 0.253 e. The van der Waals surface area contributed by atoms with E-state index in [4.69, 9.17) is 17.3 Å². The molecule has 0 aromatic heterocycles. The first-order chi connectivity index (χ1) is 14.3. The largest absolute Gasteiger partial charge is 0.349 e. The van der Waals surface area contributed by atoms with Gasteiger partial charge in [0, 0.05) is 36.3 Å². The number of nitrogens with zero attached hydrogens (tertiary/aromatic N) is 1. The van der Waals surface area contributed by atoms with Crippen LogP contribution in [0.3, 0.4) is 0 Å². The number of hydrogen-bond acceptors (Lipinski definition) is 4. The Morgan fingerprint density at radius 1 is 1.20 bits per heavy atom. The molecule has 0 bridgehead atoms. The quantitative estimate of drug-likeness (QED) is 0.682. The number of likely N-dealkylation sites (tertiary alicyclic amines) is 1. The summed E-state index contributed by atoms with van der Waals surface area (Å²) < 4.78 is 0. The topological polar surface area (TPSA) is 105 Å². The highest BCUT2D eigenvalue weighted by atomic mass is 35.5. The highest BCUT2D eigenvalue weighted by Gasteiger charge is 2.35. The first kappa shape index (κ1) is 21.1. The molecule has 1 saturated carbocycles. The van der Waals surface area contributed by atoms with Crippen LogP contribution in [-0.2, 0) is 16.0 Å². The van der Waals surface area contributed by atoms with Crippen molar-refractivity contribution < 1.29 is 14.4 Å². The van der Waals surface area contributed by atoms with Gasteiger partial charge in [0.15, 0.2) is 0 Å². The van der Waals surface area contributed by atoms with Crippen molar-refractivity contribution in [2.75, 3.05) is 11.9 Å². The van der Waals surface area contributed by atoms with Gasteiger partial charge < -0.3 is 21.3 Å². The Kier molecular flexibility index (Phi) is 6.02. The van der Waals surface area contributed by atoms with E-state index < -0.39 is 0 Å². The van der Waals surface area contributed by atoms with Crippen LogP contribution in [0.5, 0.6) is 0 Å². The lowest BCUT2D eigenvalue weighted by atomic mass is 9.84. The van der Waals surface area contributed by atoms with Crippen LogP contribution in [0.25, 0.3) is 0 Å². The van der Waals surface area contributed by atoms with E-state index in [2.05, 4.69) is 10.6 Å². The molecule has 1 aromatic carbocycles. The monoisotopic (exact) mass is 432 g/mol. The van der Waals surface area contributed by atoms with Crippen LogP contribution in [-0.4, -0.2) is 47.3 Å². The molecule has 1 aromatic rings. The Bertz CT molecular complexity index is 866. The standard InChI is InChI=1S/C22H29ClN4O3/c1-12-8-16(6-7-27(12)22(30)13-2-4-15(24)5-3-13)25-21(29)17-9-14-10-20(28)26-19(14)11-18(17)23/h9,11-13,15-16H,2-8,10,24H2,1H3,(H,25,29)(H,26,28)/t12-,13?,15?,16?/m0/s1. The first-order valence-corrected chi connectivity index (χ1v) is 11.2. The molecule has 7 nitrogen and oxygen atoms in total. The van der Waals surface area contributed by atoms with Crippen LogP contribution in [0, 0.1) is 5.92 Å². The number of amides is 3. The molecule has 8 heteroatoms. The highest BCUT2D eigenvalue weighted by Crippen LogP contribution is 2.31. The molecule has 30 heavy (non-hydrogen) atoms. The van der Waals surface area contributed by atoms with Crippen molar-refractivity contribution in [1.29, 1.82) is 0 Å². The van der Waals surface area contributed by atoms with Crippen LogP contribution in [0.2, 0.25) is 5.02 Å². The van der Waals surface area contributed by atoms with Gasteiger partial charge in [-0.3, -0.25) is 14.4 Å². The van der Waals surface area contributed by atoms with Crippen molar-refractivity contribution >= 4 is 35.0 Å². The molecule has 1 saturated heterocycles. The number of fused-ring (bicyclic) bond motifs is 1. The molecule has 2 atom stereocenters. The van der Waals surface area contributed by atoms with Crippen LogP contribution >= 0.6 is 11.6 Å². The Labute approximate surface area is 181 Å². The molecule has 2 heterocycles. The van der Waals surface area contributed by atoms with E-state index in [1.807, 2.05) is 11.8 Å². The summed E-state index contributed by atoms with van der Waals surface area (Å²) in [5.41, 5.74) is 7.81. The Balaban J connectivity index is 1.35. The molecule has 162 valence electrons. The lowest BCUT2D eigenvalue weighted by molar-refractivity contribution is -0.140. The zero-order chi connectivity index (χ0) is 21.4. The second-order valence-corrected chi connectivity index (χ2v) is 9.31. The molecule has 3 aliphatic rings. The normalized spacial score (nSPS) is 28.6. The number of carbonyl (C=O) groups is 3. The molecule has 3 amide bonds. The fourth-order valence-electron chi connectivity index (χ4n) is 4.92. The van der Waals surface area contributed by atoms with E-state index in [-0.39, 0.29) is 48.2 Å². The number of nitrogens with one attached hydrogen (secondary N) is 2. The SMILES string of the molecule is C[C@H]1CC(NC(=O)c2cc3c(cc2Cl)NC(=O)C3)CCN1C(=O)C1CCC(N)CC1. The first-order valence-electron chi connectivity index (χ1n) is 10.8. The minimum atomic E-state index is -0.236. The average Bonchev–Trinajstić information content (AvgIpc) is 3.06. The number of rotatable bonds is 3. The van der Waals surface area contributed by atoms with Crippen LogP contribution in [0.15, 0.2) is 12.1 Å². The number of piperidine rings is 1. The summed E-state index contributed by atoms with van der Waals surface area (Å²) in [6.45, 7) is 2.69. The molecular weight excluding hydrogens is 404 g/mol. The van der Waals surface area contributed by atoms with E-state index in [1.165, 1.54) is 0 Å². The van der Waals surface area contributed by atoms with Crippen LogP contribution in [0.1, 0.15) is 61.4 Å². The van der Waals surface area contributed by atoms with Gasteiger partial charge in [0.25, 0.3) is 5.91 Å². The lowest BCUT2D eigenvalue weighted by Gasteiger charge is -2.40. The van der Waals surface area contributed by atoms with E-state index in [1.54, 1.807) is 12.1 Å². The fraction of sp³-hybridized carbons (Fsp3) is 0.591. The minimum absolute atomic E-state index is 0.0135. The zero-order valence-electron chi connectivity index (χ0n) is 17.2. The van der Waals surface area contributed by atoms with Crippen molar-refractivity contribution in [3.05, 3.63) is 28.3 Å². The summed E-state index contributed by atoms with van der Waals surface area (Å²) in [4.78, 5) is 39.3. The van der Waals surface area contributed by atoms with Gasteiger partial charge in [-0.2, -0.15) is 0 Å². The lowest BCUT2D eigenvalue weighted by Crippen LogP contribution is -2.52. The van der Waals surface area contributed by atoms with Gasteiger partial charge in [-0.25, -0.2) is 0 Å². The van der Waals surface area contributed by atoms with Gasteiger partial charge in [-0.15, -0.1) is 0 Å². The fourth-order valence-corrected chi connectivity index (χ4v) is 5.17. The predicted molar refractivity (Wildman–Crippen MR) is 115 cm³/mol. The number of benzene rings is 1. The summed E-state index contributed by atoms with van der Waals surface area (Å²) >= 11 is 6.28. The molecule has 0 radical (unpaired) electrons. The van der Waals surface area contributed by atoms with Crippen molar-refractivity contribution in [2.45, 2.75) is 70.0 Å². The third kappa shape index (κ3) is 4.32. The van der Waals surface area contributed by atoms with Gasteiger partial charge >= 0.3 is 0 Å². The molecule has 4 N–H and O–H groups in total. The van der Waals surface area contributed by atoms with Gasteiger partial charge in [0.05, 0.1) is 17.0 Å². The minimum Gasteiger partial charge on any atom is -0.349 e. The number of anilines is 1. The van der Waals surface area contributed by atoms with E-state index in [0.717, 1.165) is 37.7 Å². The van der Waals surface area contributed by atoms with Crippen LogP contribution < -0.4 is 16.4 Å². The maximum Gasteiger partial charge on any atom is 0.253 e. The van der Waals surface area contributed by atoms with Crippen molar-refractivity contribution in [3.63, 3.8) is 0 Å².